The average molecular weight is 309 g/mol. The molecule has 0 saturated carbocycles. The molecular formula is C13H13ClN4OS. The number of carbonyl (C=O) groups excluding carboxylic acids is 1. The summed E-state index contributed by atoms with van der Waals surface area (Å²) in [6.45, 7) is 2.09. The summed E-state index contributed by atoms with van der Waals surface area (Å²) < 4.78 is 7.92. The van der Waals surface area contributed by atoms with Gasteiger partial charge in [-0.25, -0.2) is 0 Å². The fourth-order valence-electron chi connectivity index (χ4n) is 2.38. The first-order chi connectivity index (χ1) is 9.77. The van der Waals surface area contributed by atoms with E-state index in [4.69, 9.17) is 11.6 Å². The largest absolute Gasteiger partial charge is 0.328 e. The van der Waals surface area contributed by atoms with Gasteiger partial charge < -0.3 is 10.2 Å². The number of nitrogens with one attached hydrogen (secondary N) is 1. The quantitative estimate of drug-likeness (QED) is 0.921. The van der Waals surface area contributed by atoms with E-state index in [-0.39, 0.29) is 11.9 Å². The van der Waals surface area contributed by atoms with Gasteiger partial charge in [0, 0.05) is 24.7 Å². The second-order valence-electron chi connectivity index (χ2n) is 4.53. The summed E-state index contributed by atoms with van der Waals surface area (Å²) in [5, 5.41) is 3.98. The topological polar surface area (TPSA) is 58.1 Å². The van der Waals surface area contributed by atoms with Gasteiger partial charge >= 0.3 is 0 Å². The predicted octanol–water partition coefficient (Wildman–Crippen LogP) is 1.98. The zero-order valence-electron chi connectivity index (χ0n) is 10.6. The van der Waals surface area contributed by atoms with E-state index < -0.39 is 0 Å². The van der Waals surface area contributed by atoms with Gasteiger partial charge in [-0.15, -0.1) is 0 Å². The van der Waals surface area contributed by atoms with E-state index in [1.54, 1.807) is 0 Å². The fraction of sp³-hybridized carbons (Fsp3) is 0.308. The fourth-order valence-corrected chi connectivity index (χ4v) is 3.05. The van der Waals surface area contributed by atoms with Crippen LogP contribution in [0.4, 0.5) is 0 Å². The zero-order valence-corrected chi connectivity index (χ0v) is 12.2. The van der Waals surface area contributed by atoms with Gasteiger partial charge in [-0.1, -0.05) is 29.8 Å². The summed E-state index contributed by atoms with van der Waals surface area (Å²) in [6, 6.07) is 7.55. The molecule has 1 N–H and O–H groups in total. The van der Waals surface area contributed by atoms with E-state index in [2.05, 4.69) is 14.1 Å². The molecule has 3 rings (SSSR count). The van der Waals surface area contributed by atoms with Crippen LogP contribution in [0.1, 0.15) is 22.1 Å². The number of hydrogen-bond acceptors (Lipinski definition) is 5. The van der Waals surface area contributed by atoms with Crippen molar-refractivity contribution in [1.29, 1.82) is 0 Å². The van der Waals surface area contributed by atoms with Crippen LogP contribution in [0, 0.1) is 0 Å². The minimum Gasteiger partial charge on any atom is -0.328 e. The van der Waals surface area contributed by atoms with Crippen LogP contribution in [0.2, 0.25) is 5.02 Å². The maximum absolute atomic E-state index is 12.5. The number of halogens is 1. The molecule has 1 aliphatic heterocycles. The molecule has 0 aliphatic carbocycles. The van der Waals surface area contributed by atoms with Crippen LogP contribution in [0.5, 0.6) is 0 Å². The van der Waals surface area contributed by atoms with Crippen molar-refractivity contribution in [2.75, 3.05) is 19.6 Å². The summed E-state index contributed by atoms with van der Waals surface area (Å²) in [6.07, 6.45) is 1.51. The Hall–Kier alpha value is -1.50. The number of aromatic nitrogens is 2. The third kappa shape index (κ3) is 2.54. The number of hydrogen-bond donors (Lipinski definition) is 1. The molecule has 1 fully saturated rings. The summed E-state index contributed by atoms with van der Waals surface area (Å²) in [5.74, 6) is -0.0924. The normalized spacial score (nSPS) is 19.1. The lowest BCUT2D eigenvalue weighted by Crippen LogP contribution is -2.48. The molecule has 0 bridgehead atoms. The summed E-state index contributed by atoms with van der Waals surface area (Å²) in [5.41, 5.74) is 1.35. The monoisotopic (exact) mass is 308 g/mol. The highest BCUT2D eigenvalue weighted by Gasteiger charge is 2.30. The van der Waals surface area contributed by atoms with Crippen molar-refractivity contribution in [3.8, 4) is 0 Å². The van der Waals surface area contributed by atoms with Gasteiger partial charge in [-0.3, -0.25) is 4.79 Å². The maximum Gasteiger partial charge on any atom is 0.275 e. The molecule has 1 aromatic heterocycles. The van der Waals surface area contributed by atoms with E-state index in [0.717, 1.165) is 23.8 Å². The minimum atomic E-state index is -0.0924. The molecule has 0 radical (unpaired) electrons. The predicted molar refractivity (Wildman–Crippen MR) is 78.0 cm³/mol. The molecule has 1 aromatic carbocycles. The summed E-state index contributed by atoms with van der Waals surface area (Å²) in [7, 11) is 0. The highest BCUT2D eigenvalue weighted by atomic mass is 35.5. The van der Waals surface area contributed by atoms with Gasteiger partial charge in [-0.2, -0.15) is 8.75 Å². The van der Waals surface area contributed by atoms with E-state index in [1.165, 1.54) is 6.20 Å². The van der Waals surface area contributed by atoms with E-state index in [0.29, 0.717) is 23.8 Å². The van der Waals surface area contributed by atoms with Gasteiger partial charge in [0.1, 0.15) is 0 Å². The van der Waals surface area contributed by atoms with Crippen LogP contribution in [0.15, 0.2) is 30.5 Å². The second kappa shape index (κ2) is 5.87. The van der Waals surface area contributed by atoms with E-state index in [1.807, 2.05) is 29.2 Å². The number of rotatable bonds is 2. The Morgan fingerprint density at radius 1 is 1.45 bits per heavy atom. The van der Waals surface area contributed by atoms with Crippen molar-refractivity contribution in [3.63, 3.8) is 0 Å². The van der Waals surface area contributed by atoms with Crippen molar-refractivity contribution in [1.82, 2.24) is 19.0 Å². The first-order valence-corrected chi connectivity index (χ1v) is 7.42. The lowest BCUT2D eigenvalue weighted by molar-refractivity contribution is 0.0629. The molecule has 2 aromatic rings. The summed E-state index contributed by atoms with van der Waals surface area (Å²) >= 11 is 7.30. The lowest BCUT2D eigenvalue weighted by atomic mass is 10.0. The van der Waals surface area contributed by atoms with Gasteiger partial charge in [0.25, 0.3) is 5.91 Å². The SMILES string of the molecule is O=C(c1cnsn1)N1CCNCC1c1ccccc1Cl. The van der Waals surface area contributed by atoms with Crippen molar-refractivity contribution in [3.05, 3.63) is 46.7 Å². The third-order valence-electron chi connectivity index (χ3n) is 3.35. The van der Waals surface area contributed by atoms with Crippen LogP contribution in [-0.2, 0) is 0 Å². The smallest absolute Gasteiger partial charge is 0.275 e. The Morgan fingerprint density at radius 2 is 2.30 bits per heavy atom. The van der Waals surface area contributed by atoms with Gasteiger partial charge in [0.15, 0.2) is 5.69 Å². The van der Waals surface area contributed by atoms with Crippen molar-refractivity contribution in [2.45, 2.75) is 6.04 Å². The molecule has 1 aliphatic rings. The maximum atomic E-state index is 12.5. The van der Waals surface area contributed by atoms with Crippen molar-refractivity contribution < 1.29 is 4.79 Å². The second-order valence-corrected chi connectivity index (χ2v) is 5.50. The Bertz CT molecular complexity index is 604. The van der Waals surface area contributed by atoms with Crippen molar-refractivity contribution >= 4 is 29.2 Å². The Kier molecular flexibility index (Phi) is 3.95. The molecule has 5 nitrogen and oxygen atoms in total. The van der Waals surface area contributed by atoms with Gasteiger partial charge in [-0.05, 0) is 11.6 Å². The zero-order chi connectivity index (χ0) is 13.9. The van der Waals surface area contributed by atoms with Crippen LogP contribution < -0.4 is 5.32 Å². The van der Waals surface area contributed by atoms with E-state index >= 15 is 0 Å². The van der Waals surface area contributed by atoms with Crippen LogP contribution in [0.25, 0.3) is 0 Å². The molecule has 7 heteroatoms. The molecule has 0 spiro atoms. The highest BCUT2D eigenvalue weighted by molar-refractivity contribution is 6.99. The molecule has 20 heavy (non-hydrogen) atoms. The highest BCUT2D eigenvalue weighted by Crippen LogP contribution is 2.29. The van der Waals surface area contributed by atoms with Crippen LogP contribution in [-0.4, -0.2) is 39.2 Å². The Morgan fingerprint density at radius 3 is 3.05 bits per heavy atom. The molecule has 104 valence electrons. The minimum absolute atomic E-state index is 0.0772. The molecule has 2 heterocycles. The Labute approximate surface area is 125 Å². The average Bonchev–Trinajstić information content (AvgIpc) is 3.01. The van der Waals surface area contributed by atoms with Crippen LogP contribution in [0.3, 0.4) is 0 Å². The first kappa shape index (κ1) is 13.5. The number of benzene rings is 1. The molecule has 1 saturated heterocycles. The standard InChI is InChI=1S/C13H13ClN4OS/c14-10-4-2-1-3-9(10)12-8-15-5-6-18(12)13(19)11-7-16-20-17-11/h1-4,7,12,15H,5-6,8H2. The third-order valence-corrected chi connectivity index (χ3v) is 4.17. The van der Waals surface area contributed by atoms with Crippen LogP contribution >= 0.6 is 23.3 Å². The lowest BCUT2D eigenvalue weighted by Gasteiger charge is -2.36. The first-order valence-electron chi connectivity index (χ1n) is 6.31. The number of piperazine rings is 1. The molecule has 1 unspecified atom stereocenters. The Balaban J connectivity index is 1.92. The van der Waals surface area contributed by atoms with Crippen molar-refractivity contribution in [2.24, 2.45) is 0 Å². The van der Waals surface area contributed by atoms with Gasteiger partial charge in [0.2, 0.25) is 0 Å². The number of amides is 1. The van der Waals surface area contributed by atoms with E-state index in [9.17, 15) is 4.79 Å². The molecule has 1 amide bonds. The molecular weight excluding hydrogens is 296 g/mol. The summed E-state index contributed by atoms with van der Waals surface area (Å²) in [4.78, 5) is 14.3. The number of nitrogens with zero attached hydrogens (tertiary/aromatic N) is 3. The molecule has 1 atom stereocenters. The van der Waals surface area contributed by atoms with Gasteiger partial charge in [0.05, 0.1) is 24.0 Å². The number of carbonyl (C=O) groups is 1.